The number of thioether (sulfide) groups is 1. The van der Waals surface area contributed by atoms with Gasteiger partial charge in [0.2, 0.25) is 5.89 Å². The number of anilines is 1. The van der Waals surface area contributed by atoms with Crippen molar-refractivity contribution in [3.05, 3.63) is 17.9 Å². The molecule has 0 aliphatic rings. The Morgan fingerprint density at radius 1 is 1.64 bits per heavy atom. The van der Waals surface area contributed by atoms with Gasteiger partial charge < -0.3 is 10.3 Å². The second kappa shape index (κ2) is 3.97. The van der Waals surface area contributed by atoms with Crippen molar-refractivity contribution in [1.29, 1.82) is 0 Å². The van der Waals surface area contributed by atoms with Gasteiger partial charge in [-0.2, -0.15) is 4.98 Å². The molecule has 0 unspecified atom stereocenters. The van der Waals surface area contributed by atoms with Crippen molar-refractivity contribution in [1.82, 2.24) is 15.1 Å². The molecule has 0 saturated heterocycles. The van der Waals surface area contributed by atoms with Crippen molar-refractivity contribution in [3.8, 4) is 0 Å². The summed E-state index contributed by atoms with van der Waals surface area (Å²) in [6.45, 7) is 1.79. The predicted octanol–water partition coefficient (Wildman–Crippen LogP) is 1.71. The number of nitrogens with two attached hydrogens (primary N) is 1. The van der Waals surface area contributed by atoms with E-state index < -0.39 is 0 Å². The minimum absolute atomic E-state index is 0.578. The van der Waals surface area contributed by atoms with E-state index in [-0.39, 0.29) is 0 Å². The quantitative estimate of drug-likeness (QED) is 0.806. The SMILES string of the molecule is Cc1noc(CSc2cnc(N)s2)n1. The van der Waals surface area contributed by atoms with Gasteiger partial charge in [-0.25, -0.2) is 4.98 Å². The molecule has 2 heterocycles. The molecule has 7 heteroatoms. The summed E-state index contributed by atoms with van der Waals surface area (Å²) in [5, 5.41) is 4.28. The molecule has 0 radical (unpaired) electrons. The van der Waals surface area contributed by atoms with Crippen molar-refractivity contribution >= 4 is 28.2 Å². The first-order valence-electron chi connectivity index (χ1n) is 3.87. The zero-order valence-electron chi connectivity index (χ0n) is 7.43. The van der Waals surface area contributed by atoms with Crippen LogP contribution in [-0.2, 0) is 5.75 Å². The van der Waals surface area contributed by atoms with Crippen LogP contribution in [0.15, 0.2) is 14.9 Å². The van der Waals surface area contributed by atoms with Gasteiger partial charge >= 0.3 is 0 Å². The third-order valence-corrected chi connectivity index (χ3v) is 3.42. The first-order chi connectivity index (χ1) is 6.74. The summed E-state index contributed by atoms with van der Waals surface area (Å²) in [5.41, 5.74) is 5.49. The fourth-order valence-corrected chi connectivity index (χ4v) is 2.47. The van der Waals surface area contributed by atoms with E-state index in [4.69, 9.17) is 10.3 Å². The van der Waals surface area contributed by atoms with Crippen molar-refractivity contribution in [3.63, 3.8) is 0 Å². The molecular formula is C7H8N4OS2. The van der Waals surface area contributed by atoms with Crippen LogP contribution < -0.4 is 5.73 Å². The van der Waals surface area contributed by atoms with E-state index in [1.165, 1.54) is 11.3 Å². The smallest absolute Gasteiger partial charge is 0.237 e. The predicted molar refractivity (Wildman–Crippen MR) is 55.1 cm³/mol. The van der Waals surface area contributed by atoms with E-state index in [9.17, 15) is 0 Å². The number of aromatic nitrogens is 3. The molecule has 74 valence electrons. The fraction of sp³-hybridized carbons (Fsp3) is 0.286. The van der Waals surface area contributed by atoms with Crippen molar-refractivity contribution in [2.75, 3.05) is 5.73 Å². The highest BCUT2D eigenvalue weighted by atomic mass is 32.2. The standard InChI is InChI=1S/C7H8N4OS2/c1-4-10-5(12-11-4)3-13-6-2-9-7(8)14-6/h2H,3H2,1H3,(H2,8,9). The van der Waals surface area contributed by atoms with Crippen LogP contribution in [0.5, 0.6) is 0 Å². The normalized spacial score (nSPS) is 10.6. The molecule has 2 N–H and O–H groups in total. The van der Waals surface area contributed by atoms with E-state index in [2.05, 4.69) is 15.1 Å². The largest absolute Gasteiger partial charge is 0.375 e. The van der Waals surface area contributed by atoms with Crippen molar-refractivity contribution < 1.29 is 4.52 Å². The average molecular weight is 228 g/mol. The molecule has 14 heavy (non-hydrogen) atoms. The van der Waals surface area contributed by atoms with Gasteiger partial charge in [0.05, 0.1) is 16.2 Å². The van der Waals surface area contributed by atoms with Crippen molar-refractivity contribution in [2.24, 2.45) is 0 Å². The molecule has 0 aromatic carbocycles. The Labute approximate surface area is 88.7 Å². The summed E-state index contributed by atoms with van der Waals surface area (Å²) >= 11 is 3.04. The van der Waals surface area contributed by atoms with Crippen molar-refractivity contribution in [2.45, 2.75) is 16.9 Å². The minimum Gasteiger partial charge on any atom is -0.375 e. The van der Waals surface area contributed by atoms with E-state index in [0.717, 1.165) is 4.21 Å². The number of hydrogen-bond donors (Lipinski definition) is 1. The molecule has 2 rings (SSSR count). The Balaban J connectivity index is 1.94. The lowest BCUT2D eigenvalue weighted by atomic mass is 10.7. The molecule has 2 aromatic heterocycles. The summed E-state index contributed by atoms with van der Waals surface area (Å²) < 4.78 is 6.02. The molecule has 2 aromatic rings. The number of rotatable bonds is 3. The molecule has 0 fully saturated rings. The third kappa shape index (κ3) is 2.24. The highest BCUT2D eigenvalue weighted by Gasteiger charge is 2.05. The molecule has 0 amide bonds. The lowest BCUT2D eigenvalue weighted by Crippen LogP contribution is -1.79. The second-order valence-corrected chi connectivity index (χ2v) is 4.88. The van der Waals surface area contributed by atoms with Gasteiger partial charge in [-0.3, -0.25) is 0 Å². The van der Waals surface area contributed by atoms with Gasteiger partial charge in [0.25, 0.3) is 0 Å². The second-order valence-electron chi connectivity index (χ2n) is 2.54. The summed E-state index contributed by atoms with van der Waals surface area (Å²) in [7, 11) is 0. The highest BCUT2D eigenvalue weighted by Crippen LogP contribution is 2.28. The third-order valence-electron chi connectivity index (χ3n) is 1.41. The lowest BCUT2D eigenvalue weighted by molar-refractivity contribution is 0.387. The number of aryl methyl sites for hydroxylation is 1. The fourth-order valence-electron chi connectivity index (χ4n) is 0.870. The monoisotopic (exact) mass is 228 g/mol. The van der Waals surface area contributed by atoms with Crippen LogP contribution in [0.2, 0.25) is 0 Å². The number of nitrogens with zero attached hydrogens (tertiary/aromatic N) is 3. The number of hydrogen-bond acceptors (Lipinski definition) is 7. The van der Waals surface area contributed by atoms with E-state index in [1.807, 2.05) is 0 Å². The van der Waals surface area contributed by atoms with Gasteiger partial charge in [-0.1, -0.05) is 16.5 Å². The Morgan fingerprint density at radius 2 is 2.50 bits per heavy atom. The zero-order chi connectivity index (χ0) is 9.97. The van der Waals surface area contributed by atoms with Crippen LogP contribution in [0.4, 0.5) is 5.13 Å². The van der Waals surface area contributed by atoms with Crippen LogP contribution in [0.1, 0.15) is 11.7 Å². The molecular weight excluding hydrogens is 220 g/mol. The number of nitrogen functional groups attached to an aromatic ring is 1. The summed E-state index contributed by atoms with van der Waals surface area (Å²) in [5.74, 6) is 1.94. The Kier molecular flexibility index (Phi) is 2.69. The average Bonchev–Trinajstić information content (AvgIpc) is 2.72. The van der Waals surface area contributed by atoms with Gasteiger partial charge in [0.15, 0.2) is 11.0 Å². The van der Waals surface area contributed by atoms with Gasteiger partial charge in [0.1, 0.15) is 0 Å². The summed E-state index contributed by atoms with van der Waals surface area (Å²) in [4.78, 5) is 8.03. The zero-order valence-corrected chi connectivity index (χ0v) is 9.06. The van der Waals surface area contributed by atoms with Crippen LogP contribution in [0.25, 0.3) is 0 Å². The molecule has 0 bridgehead atoms. The first kappa shape index (κ1) is 9.47. The lowest BCUT2D eigenvalue weighted by Gasteiger charge is -1.89. The van der Waals surface area contributed by atoms with Gasteiger partial charge in [-0.15, -0.1) is 11.8 Å². The van der Waals surface area contributed by atoms with E-state index in [0.29, 0.717) is 22.6 Å². The molecule has 0 atom stereocenters. The Morgan fingerprint density at radius 3 is 3.07 bits per heavy atom. The van der Waals surface area contributed by atoms with Gasteiger partial charge in [-0.05, 0) is 6.92 Å². The molecule has 0 spiro atoms. The molecule has 0 aliphatic heterocycles. The molecule has 5 nitrogen and oxygen atoms in total. The highest BCUT2D eigenvalue weighted by molar-refractivity contribution is 8.00. The summed E-state index contributed by atoms with van der Waals surface area (Å²) in [6, 6.07) is 0. The van der Waals surface area contributed by atoms with Crippen LogP contribution >= 0.6 is 23.1 Å². The summed E-state index contributed by atoms with van der Waals surface area (Å²) in [6.07, 6.45) is 1.74. The van der Waals surface area contributed by atoms with Crippen LogP contribution in [0.3, 0.4) is 0 Å². The minimum atomic E-state index is 0.578. The maximum absolute atomic E-state index is 5.49. The molecule has 0 aliphatic carbocycles. The topological polar surface area (TPSA) is 77.8 Å². The van der Waals surface area contributed by atoms with Gasteiger partial charge in [0, 0.05) is 0 Å². The van der Waals surface area contributed by atoms with Crippen LogP contribution in [-0.4, -0.2) is 15.1 Å². The maximum Gasteiger partial charge on any atom is 0.237 e. The van der Waals surface area contributed by atoms with Crippen LogP contribution in [0, 0.1) is 6.92 Å². The first-order valence-corrected chi connectivity index (χ1v) is 5.67. The molecule has 0 saturated carbocycles. The maximum atomic E-state index is 5.49. The number of thiazole rings is 1. The van der Waals surface area contributed by atoms with E-state index >= 15 is 0 Å². The Hall–Kier alpha value is -1.08. The van der Waals surface area contributed by atoms with E-state index in [1.54, 1.807) is 24.9 Å². The Bertz CT molecular complexity index is 385.